The molecule has 0 fully saturated rings. The van der Waals surface area contributed by atoms with E-state index in [-0.39, 0.29) is 5.91 Å². The normalized spacial score (nSPS) is 11.0. The van der Waals surface area contributed by atoms with Crippen LogP contribution in [0.2, 0.25) is 5.02 Å². The zero-order valence-corrected chi connectivity index (χ0v) is 20.3. The van der Waals surface area contributed by atoms with Gasteiger partial charge < -0.3 is 4.74 Å². The molecule has 0 aliphatic rings. The van der Waals surface area contributed by atoms with Crippen LogP contribution in [0.15, 0.2) is 60.9 Å². The van der Waals surface area contributed by atoms with E-state index < -0.39 is 0 Å². The van der Waals surface area contributed by atoms with Crippen molar-refractivity contribution < 1.29 is 9.53 Å². The molecule has 5 nitrogen and oxygen atoms in total. The summed E-state index contributed by atoms with van der Waals surface area (Å²) in [6, 6.07) is 15.0. The minimum Gasteiger partial charge on any atom is -0.494 e. The van der Waals surface area contributed by atoms with Crippen LogP contribution in [0.4, 0.5) is 5.13 Å². The first kappa shape index (κ1) is 23.2. The van der Waals surface area contributed by atoms with Crippen molar-refractivity contribution in [1.82, 2.24) is 9.97 Å². The molecule has 0 atom stereocenters. The van der Waals surface area contributed by atoms with Crippen LogP contribution in [0.25, 0.3) is 10.2 Å². The van der Waals surface area contributed by atoms with Gasteiger partial charge in [0.2, 0.25) is 0 Å². The number of aromatic nitrogens is 2. The van der Waals surface area contributed by atoms with E-state index in [4.69, 9.17) is 21.3 Å². The Morgan fingerprint density at radius 1 is 1.12 bits per heavy atom. The van der Waals surface area contributed by atoms with E-state index in [0.717, 1.165) is 40.6 Å². The molecule has 0 bridgehead atoms. The number of anilines is 1. The second-order valence-electron chi connectivity index (χ2n) is 7.90. The number of amides is 1. The Labute approximate surface area is 203 Å². The van der Waals surface area contributed by atoms with E-state index in [9.17, 15) is 4.79 Å². The zero-order chi connectivity index (χ0) is 23.2. The maximum absolute atomic E-state index is 13.7. The monoisotopic (exact) mass is 479 g/mol. The number of ether oxygens (including phenoxy) is 1. The van der Waals surface area contributed by atoms with Gasteiger partial charge in [0.15, 0.2) is 5.13 Å². The van der Waals surface area contributed by atoms with Crippen molar-refractivity contribution in [2.24, 2.45) is 0 Å². The Bertz CT molecular complexity index is 1240. The predicted molar refractivity (Wildman–Crippen MR) is 136 cm³/mol. The van der Waals surface area contributed by atoms with Gasteiger partial charge in [-0.1, -0.05) is 48.8 Å². The first-order chi connectivity index (χ1) is 16.0. The highest BCUT2D eigenvalue weighted by atomic mass is 35.5. The summed E-state index contributed by atoms with van der Waals surface area (Å²) in [5.41, 5.74) is 3.38. The lowest BCUT2D eigenvalue weighted by molar-refractivity contribution is 0.0984. The summed E-state index contributed by atoms with van der Waals surface area (Å²) >= 11 is 7.72. The summed E-state index contributed by atoms with van der Waals surface area (Å²) in [6.45, 7) is 5.17. The van der Waals surface area contributed by atoms with Gasteiger partial charge in [-0.25, -0.2) is 4.98 Å². The molecule has 0 radical (unpaired) electrons. The molecular formula is C26H26ClN3O2S. The lowest BCUT2D eigenvalue weighted by atomic mass is 10.1. The van der Waals surface area contributed by atoms with Crippen molar-refractivity contribution in [2.75, 3.05) is 11.5 Å². The molecule has 4 rings (SSSR count). The number of pyridine rings is 1. The molecule has 0 N–H and O–H groups in total. The largest absolute Gasteiger partial charge is 0.494 e. The van der Waals surface area contributed by atoms with Gasteiger partial charge >= 0.3 is 0 Å². The average molecular weight is 480 g/mol. The quantitative estimate of drug-likeness (QED) is 0.241. The van der Waals surface area contributed by atoms with E-state index in [1.165, 1.54) is 11.3 Å². The summed E-state index contributed by atoms with van der Waals surface area (Å²) in [4.78, 5) is 24.3. The summed E-state index contributed by atoms with van der Waals surface area (Å²) in [5, 5.41) is 1.29. The van der Waals surface area contributed by atoms with Crippen LogP contribution in [0.3, 0.4) is 0 Å². The first-order valence-corrected chi connectivity index (χ1v) is 12.2. The van der Waals surface area contributed by atoms with E-state index in [0.29, 0.717) is 34.6 Å². The highest BCUT2D eigenvalue weighted by Crippen LogP contribution is 2.34. The summed E-state index contributed by atoms with van der Waals surface area (Å²) in [6.07, 6.45) is 6.71. The van der Waals surface area contributed by atoms with E-state index in [1.54, 1.807) is 17.3 Å². The Morgan fingerprint density at radius 2 is 1.94 bits per heavy atom. The van der Waals surface area contributed by atoms with Crippen molar-refractivity contribution in [2.45, 2.75) is 39.7 Å². The Hall–Kier alpha value is -2.96. The van der Waals surface area contributed by atoms with Crippen molar-refractivity contribution in [3.63, 3.8) is 0 Å². The molecule has 2 aromatic carbocycles. The van der Waals surface area contributed by atoms with Crippen molar-refractivity contribution in [1.29, 1.82) is 0 Å². The number of nitrogens with zero attached hydrogens (tertiary/aromatic N) is 3. The number of hydrogen-bond acceptors (Lipinski definition) is 5. The molecule has 0 aliphatic carbocycles. The predicted octanol–water partition coefficient (Wildman–Crippen LogP) is 7.07. The van der Waals surface area contributed by atoms with Gasteiger partial charge in [0.25, 0.3) is 5.91 Å². The highest BCUT2D eigenvalue weighted by molar-refractivity contribution is 7.22. The molecule has 0 spiro atoms. The van der Waals surface area contributed by atoms with Crippen LogP contribution in [-0.2, 0) is 6.54 Å². The highest BCUT2D eigenvalue weighted by Gasteiger charge is 2.23. The van der Waals surface area contributed by atoms with Gasteiger partial charge in [0.1, 0.15) is 5.75 Å². The number of carbonyl (C=O) groups is 1. The third-order valence-electron chi connectivity index (χ3n) is 5.30. The second-order valence-corrected chi connectivity index (χ2v) is 9.34. The third-order valence-corrected chi connectivity index (χ3v) is 6.55. The topological polar surface area (TPSA) is 55.3 Å². The minimum absolute atomic E-state index is 0.131. The number of hydrogen-bond donors (Lipinski definition) is 0. The van der Waals surface area contributed by atoms with E-state index >= 15 is 0 Å². The standard InChI is InChI=1S/C26H26ClN3O2S/c1-3-4-5-13-32-22-8-6-7-20(15-22)25(31)30(17-19-9-11-28-12-10-19)26-29-24-18(2)14-21(27)16-23(24)33-26/h6-12,14-16H,3-5,13,17H2,1-2H3. The number of benzene rings is 2. The molecule has 0 unspecified atom stereocenters. The number of rotatable bonds is 9. The van der Waals surface area contributed by atoms with Crippen molar-refractivity contribution in [3.05, 3.63) is 82.6 Å². The summed E-state index contributed by atoms with van der Waals surface area (Å²) in [7, 11) is 0. The molecule has 33 heavy (non-hydrogen) atoms. The van der Waals surface area contributed by atoms with Gasteiger partial charge in [-0.3, -0.25) is 14.7 Å². The molecule has 2 heterocycles. The summed E-state index contributed by atoms with van der Waals surface area (Å²) in [5.74, 6) is 0.571. The minimum atomic E-state index is -0.131. The molecule has 7 heteroatoms. The van der Waals surface area contributed by atoms with Crippen LogP contribution < -0.4 is 9.64 Å². The van der Waals surface area contributed by atoms with Gasteiger partial charge in [0.05, 0.1) is 23.4 Å². The van der Waals surface area contributed by atoms with Gasteiger partial charge in [-0.2, -0.15) is 0 Å². The van der Waals surface area contributed by atoms with Crippen LogP contribution in [0.1, 0.15) is 47.7 Å². The molecular weight excluding hydrogens is 454 g/mol. The molecule has 0 saturated heterocycles. The average Bonchev–Trinajstić information content (AvgIpc) is 3.25. The molecule has 0 aliphatic heterocycles. The maximum atomic E-state index is 13.7. The molecule has 1 amide bonds. The molecule has 0 saturated carbocycles. The first-order valence-electron chi connectivity index (χ1n) is 11.1. The van der Waals surface area contributed by atoms with E-state index in [2.05, 4.69) is 11.9 Å². The zero-order valence-electron chi connectivity index (χ0n) is 18.8. The summed E-state index contributed by atoms with van der Waals surface area (Å²) < 4.78 is 6.83. The van der Waals surface area contributed by atoms with Gasteiger partial charge in [-0.05, 0) is 66.9 Å². The smallest absolute Gasteiger partial charge is 0.260 e. The fourth-order valence-corrected chi connectivity index (χ4v) is 4.99. The SMILES string of the molecule is CCCCCOc1cccc(C(=O)N(Cc2ccncc2)c2nc3c(C)cc(Cl)cc3s2)c1. The Balaban J connectivity index is 1.67. The van der Waals surface area contributed by atoms with E-state index in [1.807, 2.05) is 55.5 Å². The Morgan fingerprint density at radius 3 is 2.73 bits per heavy atom. The van der Waals surface area contributed by atoms with Crippen LogP contribution >= 0.6 is 22.9 Å². The third kappa shape index (κ3) is 5.70. The van der Waals surface area contributed by atoms with Crippen molar-refractivity contribution >= 4 is 44.2 Å². The Kier molecular flexibility index (Phi) is 7.57. The maximum Gasteiger partial charge on any atom is 0.260 e. The molecule has 4 aromatic rings. The van der Waals surface area contributed by atoms with Crippen LogP contribution in [-0.4, -0.2) is 22.5 Å². The fourth-order valence-electron chi connectivity index (χ4n) is 3.57. The number of fused-ring (bicyclic) bond motifs is 1. The van der Waals surface area contributed by atoms with Crippen LogP contribution in [0.5, 0.6) is 5.75 Å². The van der Waals surface area contributed by atoms with Gasteiger partial charge in [0, 0.05) is 23.0 Å². The van der Waals surface area contributed by atoms with Crippen LogP contribution in [0, 0.1) is 6.92 Å². The van der Waals surface area contributed by atoms with Crippen molar-refractivity contribution in [3.8, 4) is 5.75 Å². The number of thiazole rings is 1. The van der Waals surface area contributed by atoms with Gasteiger partial charge in [-0.15, -0.1) is 0 Å². The molecule has 170 valence electrons. The number of carbonyl (C=O) groups excluding carboxylic acids is 1. The fraction of sp³-hybridized carbons (Fsp3) is 0.269. The molecule has 2 aromatic heterocycles. The number of unbranched alkanes of at least 4 members (excludes halogenated alkanes) is 2. The second kappa shape index (κ2) is 10.8. The lowest BCUT2D eigenvalue weighted by Gasteiger charge is -2.20. The number of halogens is 1. The lowest BCUT2D eigenvalue weighted by Crippen LogP contribution is -2.30. The number of aryl methyl sites for hydroxylation is 1.